The van der Waals surface area contributed by atoms with Gasteiger partial charge in [0.15, 0.2) is 0 Å². The molecule has 1 aliphatic heterocycles. The van der Waals surface area contributed by atoms with E-state index in [1.807, 2.05) is 0 Å². The molecule has 0 spiro atoms. The summed E-state index contributed by atoms with van der Waals surface area (Å²) >= 11 is 0. The van der Waals surface area contributed by atoms with Gasteiger partial charge in [0.1, 0.15) is 17.6 Å². The normalized spacial score (nSPS) is 18.0. The molecule has 146 valence electrons. The molecule has 1 aromatic carbocycles. The van der Waals surface area contributed by atoms with Crippen LogP contribution in [-0.4, -0.2) is 64.3 Å². The van der Waals surface area contributed by atoms with Gasteiger partial charge in [0.05, 0.1) is 5.56 Å². The van der Waals surface area contributed by atoms with Crippen molar-refractivity contribution >= 4 is 17.7 Å². The van der Waals surface area contributed by atoms with E-state index in [4.69, 9.17) is 0 Å². The van der Waals surface area contributed by atoms with Crippen LogP contribution in [0.3, 0.4) is 0 Å². The molecule has 0 radical (unpaired) electrons. The van der Waals surface area contributed by atoms with Crippen LogP contribution < -0.4 is 5.32 Å². The van der Waals surface area contributed by atoms with E-state index in [9.17, 15) is 23.9 Å². The standard InChI is InChI=1S/C19H24FN3O4/c1-4-5-17(21-13(3)24)19(27)22-8-9-23(12(2)11-22)18(26)15-7-6-14(25)10-16(15)20/h4,6-7,10,12,17,25H,1,5,8-9,11H2,2-3H3,(H,21,24)/t12-,17?/m0/s1. The Balaban J connectivity index is 2.08. The van der Waals surface area contributed by atoms with Crippen LogP contribution in [0.25, 0.3) is 0 Å². The van der Waals surface area contributed by atoms with Gasteiger partial charge in [-0.2, -0.15) is 0 Å². The summed E-state index contributed by atoms with van der Waals surface area (Å²) in [6.07, 6.45) is 1.87. The van der Waals surface area contributed by atoms with E-state index in [0.29, 0.717) is 6.42 Å². The summed E-state index contributed by atoms with van der Waals surface area (Å²) in [6.45, 7) is 7.52. The van der Waals surface area contributed by atoms with E-state index in [0.717, 1.165) is 6.07 Å². The van der Waals surface area contributed by atoms with E-state index >= 15 is 0 Å². The summed E-state index contributed by atoms with van der Waals surface area (Å²) in [5.41, 5.74) is -0.123. The number of piperazine rings is 1. The molecule has 2 atom stereocenters. The number of benzene rings is 1. The summed E-state index contributed by atoms with van der Waals surface area (Å²) in [5.74, 6) is -2.07. The number of rotatable bonds is 5. The molecule has 0 bridgehead atoms. The van der Waals surface area contributed by atoms with Gasteiger partial charge in [-0.15, -0.1) is 6.58 Å². The number of nitrogens with one attached hydrogen (secondary N) is 1. The molecule has 1 fully saturated rings. The van der Waals surface area contributed by atoms with E-state index in [2.05, 4.69) is 11.9 Å². The van der Waals surface area contributed by atoms with Crippen molar-refractivity contribution in [2.75, 3.05) is 19.6 Å². The van der Waals surface area contributed by atoms with Crippen LogP contribution >= 0.6 is 0 Å². The molecular formula is C19H24FN3O4. The van der Waals surface area contributed by atoms with Crippen molar-refractivity contribution in [2.45, 2.75) is 32.4 Å². The Hall–Kier alpha value is -2.90. The van der Waals surface area contributed by atoms with Crippen LogP contribution in [0.4, 0.5) is 4.39 Å². The van der Waals surface area contributed by atoms with Crippen molar-refractivity contribution < 1.29 is 23.9 Å². The Morgan fingerprint density at radius 3 is 2.67 bits per heavy atom. The van der Waals surface area contributed by atoms with Crippen molar-refractivity contribution in [3.8, 4) is 5.75 Å². The number of amides is 3. The number of phenols is 1. The van der Waals surface area contributed by atoms with Gasteiger partial charge < -0.3 is 20.2 Å². The highest BCUT2D eigenvalue weighted by molar-refractivity contribution is 5.95. The molecule has 7 nitrogen and oxygen atoms in total. The second-order valence-corrected chi connectivity index (χ2v) is 6.57. The predicted octanol–water partition coefficient (Wildman–Crippen LogP) is 1.29. The van der Waals surface area contributed by atoms with Gasteiger partial charge in [0.25, 0.3) is 5.91 Å². The zero-order valence-electron chi connectivity index (χ0n) is 15.4. The van der Waals surface area contributed by atoms with Crippen molar-refractivity contribution in [1.29, 1.82) is 0 Å². The van der Waals surface area contributed by atoms with Gasteiger partial charge in [0, 0.05) is 38.7 Å². The molecule has 2 N–H and O–H groups in total. The largest absolute Gasteiger partial charge is 0.508 e. The van der Waals surface area contributed by atoms with E-state index in [1.165, 1.54) is 24.0 Å². The van der Waals surface area contributed by atoms with Crippen LogP contribution in [-0.2, 0) is 9.59 Å². The highest BCUT2D eigenvalue weighted by Crippen LogP contribution is 2.20. The number of carbonyl (C=O) groups is 3. The summed E-state index contributed by atoms with van der Waals surface area (Å²) in [7, 11) is 0. The molecule has 0 aromatic heterocycles. The molecule has 1 heterocycles. The van der Waals surface area contributed by atoms with E-state index in [-0.39, 0.29) is 48.8 Å². The first-order chi connectivity index (χ1) is 12.7. The third-order valence-corrected chi connectivity index (χ3v) is 4.46. The average Bonchev–Trinajstić information content (AvgIpc) is 2.59. The van der Waals surface area contributed by atoms with E-state index < -0.39 is 17.8 Å². The molecule has 27 heavy (non-hydrogen) atoms. The third-order valence-electron chi connectivity index (χ3n) is 4.46. The molecule has 3 amide bonds. The lowest BCUT2D eigenvalue weighted by Crippen LogP contribution is -2.58. The van der Waals surface area contributed by atoms with Crippen LogP contribution in [0.15, 0.2) is 30.9 Å². The maximum absolute atomic E-state index is 14.0. The van der Waals surface area contributed by atoms with Crippen molar-refractivity contribution in [2.24, 2.45) is 0 Å². The second-order valence-electron chi connectivity index (χ2n) is 6.57. The zero-order valence-corrected chi connectivity index (χ0v) is 15.4. The lowest BCUT2D eigenvalue weighted by molar-refractivity contribution is -0.138. The van der Waals surface area contributed by atoms with Gasteiger partial charge in [-0.05, 0) is 25.5 Å². The highest BCUT2D eigenvalue weighted by atomic mass is 19.1. The quantitative estimate of drug-likeness (QED) is 0.757. The molecule has 1 unspecified atom stereocenters. The van der Waals surface area contributed by atoms with Gasteiger partial charge >= 0.3 is 0 Å². The Bertz CT molecular complexity index is 752. The first-order valence-corrected chi connectivity index (χ1v) is 8.70. The molecule has 1 aromatic rings. The molecule has 1 aliphatic rings. The van der Waals surface area contributed by atoms with Gasteiger partial charge in [-0.3, -0.25) is 14.4 Å². The fourth-order valence-corrected chi connectivity index (χ4v) is 3.15. The van der Waals surface area contributed by atoms with Gasteiger partial charge in [-0.1, -0.05) is 6.08 Å². The Labute approximate surface area is 157 Å². The highest BCUT2D eigenvalue weighted by Gasteiger charge is 2.33. The van der Waals surface area contributed by atoms with Crippen LogP contribution in [0.2, 0.25) is 0 Å². The van der Waals surface area contributed by atoms with Crippen LogP contribution in [0.1, 0.15) is 30.6 Å². The summed E-state index contributed by atoms with van der Waals surface area (Å²) in [5, 5.41) is 11.9. The summed E-state index contributed by atoms with van der Waals surface area (Å²) in [6, 6.07) is 2.38. The summed E-state index contributed by atoms with van der Waals surface area (Å²) in [4.78, 5) is 39.7. The number of hydrogen-bond acceptors (Lipinski definition) is 4. The molecule has 2 rings (SSSR count). The number of halogens is 1. The zero-order chi connectivity index (χ0) is 20.1. The number of aromatic hydroxyl groups is 1. The molecule has 0 saturated carbocycles. The van der Waals surface area contributed by atoms with Crippen LogP contribution in [0.5, 0.6) is 5.75 Å². The fraction of sp³-hybridized carbons (Fsp3) is 0.421. The molecular weight excluding hydrogens is 353 g/mol. The molecule has 1 saturated heterocycles. The van der Waals surface area contributed by atoms with Crippen molar-refractivity contribution in [1.82, 2.24) is 15.1 Å². The number of carbonyl (C=O) groups excluding carboxylic acids is 3. The van der Waals surface area contributed by atoms with Crippen molar-refractivity contribution in [3.63, 3.8) is 0 Å². The number of nitrogens with zero attached hydrogens (tertiary/aromatic N) is 2. The smallest absolute Gasteiger partial charge is 0.257 e. The maximum Gasteiger partial charge on any atom is 0.257 e. The average molecular weight is 377 g/mol. The van der Waals surface area contributed by atoms with Crippen molar-refractivity contribution in [3.05, 3.63) is 42.2 Å². The van der Waals surface area contributed by atoms with Gasteiger partial charge in [0.2, 0.25) is 11.8 Å². The fourth-order valence-electron chi connectivity index (χ4n) is 3.15. The number of hydrogen-bond donors (Lipinski definition) is 2. The first kappa shape index (κ1) is 20.4. The minimum absolute atomic E-state index is 0.123. The van der Waals surface area contributed by atoms with Crippen LogP contribution in [0, 0.1) is 5.82 Å². The lowest BCUT2D eigenvalue weighted by Gasteiger charge is -2.41. The predicted molar refractivity (Wildman–Crippen MR) is 97.6 cm³/mol. The minimum Gasteiger partial charge on any atom is -0.508 e. The maximum atomic E-state index is 14.0. The molecule has 8 heteroatoms. The first-order valence-electron chi connectivity index (χ1n) is 8.70. The second kappa shape index (κ2) is 8.66. The number of phenolic OH excluding ortho intramolecular Hbond substituents is 1. The summed E-state index contributed by atoms with van der Waals surface area (Å²) < 4.78 is 14.0. The lowest BCUT2D eigenvalue weighted by atomic mass is 10.1. The monoisotopic (exact) mass is 377 g/mol. The Kier molecular flexibility index (Phi) is 6.55. The van der Waals surface area contributed by atoms with Gasteiger partial charge in [-0.25, -0.2) is 4.39 Å². The third kappa shape index (κ3) is 4.84. The SMILES string of the molecule is C=CCC(NC(C)=O)C(=O)N1CCN(C(=O)c2ccc(O)cc2F)[C@@H](C)C1. The topological polar surface area (TPSA) is 90.0 Å². The Morgan fingerprint density at radius 1 is 1.41 bits per heavy atom. The molecule has 0 aliphatic carbocycles. The van der Waals surface area contributed by atoms with E-state index in [1.54, 1.807) is 17.9 Å². The Morgan fingerprint density at radius 2 is 2.11 bits per heavy atom. The minimum atomic E-state index is -0.789.